The molecule has 0 aromatic heterocycles. The monoisotopic (exact) mass is 275 g/mol. The summed E-state index contributed by atoms with van der Waals surface area (Å²) in [7, 11) is 0. The summed E-state index contributed by atoms with van der Waals surface area (Å²) in [5.74, 6) is -0.100. The largest absolute Gasteiger partial charge is 0.573 e. The second-order valence-corrected chi connectivity index (χ2v) is 4.88. The predicted molar refractivity (Wildman–Crippen MR) is 69.3 cm³/mol. The quantitative estimate of drug-likeness (QED) is 0.844. The average molecular weight is 275 g/mol. The van der Waals surface area contributed by atoms with Crippen LogP contribution >= 0.6 is 0 Å². The lowest BCUT2D eigenvalue weighted by atomic mass is 9.97. The molecule has 1 atom stereocenters. The lowest BCUT2D eigenvalue weighted by Crippen LogP contribution is -2.25. The number of halogens is 3. The van der Waals surface area contributed by atoms with E-state index in [2.05, 4.69) is 10.1 Å². The molecule has 5 heteroatoms. The zero-order chi connectivity index (χ0) is 14.5. The summed E-state index contributed by atoms with van der Waals surface area (Å²) >= 11 is 0. The number of hydrogen-bond donors (Lipinski definition) is 1. The van der Waals surface area contributed by atoms with E-state index >= 15 is 0 Å². The van der Waals surface area contributed by atoms with Gasteiger partial charge in [-0.05, 0) is 30.5 Å². The Morgan fingerprint density at radius 2 is 1.79 bits per heavy atom. The highest BCUT2D eigenvalue weighted by Gasteiger charge is 2.32. The highest BCUT2D eigenvalue weighted by molar-refractivity contribution is 5.36. The summed E-state index contributed by atoms with van der Waals surface area (Å²) < 4.78 is 41.0. The highest BCUT2D eigenvalue weighted by atomic mass is 19.4. The number of nitrogens with one attached hydrogen (secondary N) is 1. The van der Waals surface area contributed by atoms with E-state index < -0.39 is 6.36 Å². The molecule has 0 fully saturated rings. The Labute approximate surface area is 112 Å². The third-order valence-corrected chi connectivity index (χ3v) is 2.81. The number of alkyl halides is 3. The van der Waals surface area contributed by atoms with E-state index in [0.717, 1.165) is 13.0 Å². The first-order valence-electron chi connectivity index (χ1n) is 6.37. The van der Waals surface area contributed by atoms with Crippen LogP contribution < -0.4 is 10.1 Å². The number of benzene rings is 1. The second kappa shape index (κ2) is 6.80. The molecule has 0 saturated carbocycles. The first-order chi connectivity index (χ1) is 8.79. The fourth-order valence-corrected chi connectivity index (χ4v) is 1.85. The number of ether oxygens (including phenoxy) is 1. The van der Waals surface area contributed by atoms with Crippen LogP contribution in [-0.4, -0.2) is 18.9 Å². The lowest BCUT2D eigenvalue weighted by molar-refractivity contribution is -0.275. The van der Waals surface area contributed by atoms with Gasteiger partial charge in [0, 0.05) is 6.04 Å². The molecular weight excluding hydrogens is 255 g/mol. The van der Waals surface area contributed by atoms with Crippen LogP contribution in [-0.2, 0) is 0 Å². The van der Waals surface area contributed by atoms with Crippen LogP contribution in [0.15, 0.2) is 24.3 Å². The molecule has 0 bridgehead atoms. The van der Waals surface area contributed by atoms with Crippen molar-refractivity contribution in [1.29, 1.82) is 0 Å². The van der Waals surface area contributed by atoms with E-state index in [4.69, 9.17) is 0 Å². The van der Waals surface area contributed by atoms with Crippen LogP contribution in [0.2, 0.25) is 0 Å². The van der Waals surface area contributed by atoms with Crippen molar-refractivity contribution in [3.05, 3.63) is 29.8 Å². The Balaban J connectivity index is 2.70. The summed E-state index contributed by atoms with van der Waals surface area (Å²) in [5.41, 5.74) is 0.588. The number of rotatable bonds is 6. The molecule has 0 aliphatic heterocycles. The molecule has 0 radical (unpaired) electrons. The van der Waals surface area contributed by atoms with E-state index in [9.17, 15) is 13.2 Å². The van der Waals surface area contributed by atoms with E-state index in [1.165, 1.54) is 6.07 Å². The molecule has 0 aliphatic rings. The van der Waals surface area contributed by atoms with Gasteiger partial charge in [-0.1, -0.05) is 39.0 Å². The van der Waals surface area contributed by atoms with Crippen LogP contribution in [0.5, 0.6) is 5.75 Å². The summed E-state index contributed by atoms with van der Waals surface area (Å²) in [4.78, 5) is 0. The van der Waals surface area contributed by atoms with Crippen LogP contribution in [0.25, 0.3) is 0 Å². The van der Waals surface area contributed by atoms with Gasteiger partial charge in [-0.25, -0.2) is 0 Å². The van der Waals surface area contributed by atoms with Crippen molar-refractivity contribution >= 4 is 0 Å². The molecular formula is C14H20F3NO. The lowest BCUT2D eigenvalue weighted by Gasteiger charge is -2.18. The van der Waals surface area contributed by atoms with Crippen molar-refractivity contribution in [3.63, 3.8) is 0 Å². The van der Waals surface area contributed by atoms with Crippen LogP contribution in [0.1, 0.15) is 38.7 Å². The number of para-hydroxylation sites is 1. The maximum atomic E-state index is 12.3. The van der Waals surface area contributed by atoms with Crippen molar-refractivity contribution < 1.29 is 17.9 Å². The molecule has 1 aromatic rings. The van der Waals surface area contributed by atoms with E-state index in [-0.39, 0.29) is 11.7 Å². The maximum Gasteiger partial charge on any atom is 0.573 e. The zero-order valence-electron chi connectivity index (χ0n) is 11.4. The zero-order valence-corrected chi connectivity index (χ0v) is 11.4. The maximum absolute atomic E-state index is 12.3. The molecule has 2 nitrogen and oxygen atoms in total. The molecule has 19 heavy (non-hydrogen) atoms. The van der Waals surface area contributed by atoms with E-state index in [1.54, 1.807) is 18.2 Å². The van der Waals surface area contributed by atoms with Crippen LogP contribution in [0, 0.1) is 0 Å². The minimum absolute atomic E-state index is 0.00444. The van der Waals surface area contributed by atoms with Crippen molar-refractivity contribution in [1.82, 2.24) is 5.32 Å². The Hall–Kier alpha value is -1.23. The first kappa shape index (κ1) is 15.8. The molecule has 1 rings (SSSR count). The van der Waals surface area contributed by atoms with Crippen molar-refractivity contribution in [2.24, 2.45) is 0 Å². The molecule has 0 aliphatic carbocycles. The Morgan fingerprint density at radius 1 is 1.16 bits per heavy atom. The van der Waals surface area contributed by atoms with Gasteiger partial charge in [-0.2, -0.15) is 0 Å². The van der Waals surface area contributed by atoms with Crippen molar-refractivity contribution in [2.75, 3.05) is 6.54 Å². The van der Waals surface area contributed by atoms with Gasteiger partial charge in [-0.15, -0.1) is 13.2 Å². The minimum atomic E-state index is -4.65. The minimum Gasteiger partial charge on any atom is -0.405 e. The summed E-state index contributed by atoms with van der Waals surface area (Å²) in [6.45, 7) is 6.73. The average Bonchev–Trinajstić information content (AvgIpc) is 2.26. The molecule has 0 saturated heterocycles. The molecule has 0 heterocycles. The third kappa shape index (κ3) is 5.96. The smallest absolute Gasteiger partial charge is 0.405 e. The Bertz CT molecular complexity index is 391. The summed E-state index contributed by atoms with van der Waals surface area (Å²) in [6, 6.07) is 6.68. The van der Waals surface area contributed by atoms with Crippen molar-refractivity contribution in [2.45, 2.75) is 45.5 Å². The molecule has 1 N–H and O–H groups in total. The van der Waals surface area contributed by atoms with Gasteiger partial charge in [0.15, 0.2) is 0 Å². The van der Waals surface area contributed by atoms with Crippen molar-refractivity contribution in [3.8, 4) is 5.75 Å². The van der Waals surface area contributed by atoms with Crippen LogP contribution in [0.4, 0.5) is 13.2 Å². The van der Waals surface area contributed by atoms with Crippen LogP contribution in [0.3, 0.4) is 0 Å². The fraction of sp³-hybridized carbons (Fsp3) is 0.571. The Kier molecular flexibility index (Phi) is 5.66. The van der Waals surface area contributed by atoms with Gasteiger partial charge in [0.25, 0.3) is 0 Å². The summed E-state index contributed by atoms with van der Waals surface area (Å²) in [6.07, 6.45) is -3.89. The van der Waals surface area contributed by atoms with E-state index in [1.807, 2.05) is 20.8 Å². The van der Waals surface area contributed by atoms with E-state index in [0.29, 0.717) is 11.6 Å². The Morgan fingerprint density at radius 3 is 2.37 bits per heavy atom. The third-order valence-electron chi connectivity index (χ3n) is 2.81. The van der Waals surface area contributed by atoms with Gasteiger partial charge < -0.3 is 10.1 Å². The standard InChI is InChI=1S/C14H20F3NO/c1-10(2)18-9-8-11(3)12-6-4-5-7-13(12)19-14(15,16)17/h4-7,10-11,18H,8-9H2,1-3H3. The van der Waals surface area contributed by atoms with Gasteiger partial charge in [0.2, 0.25) is 0 Å². The normalized spacial score (nSPS) is 13.6. The topological polar surface area (TPSA) is 21.3 Å². The van der Waals surface area contributed by atoms with Gasteiger partial charge in [0.1, 0.15) is 5.75 Å². The first-order valence-corrected chi connectivity index (χ1v) is 6.37. The van der Waals surface area contributed by atoms with Gasteiger partial charge in [0.05, 0.1) is 0 Å². The van der Waals surface area contributed by atoms with Gasteiger partial charge >= 0.3 is 6.36 Å². The molecule has 1 unspecified atom stereocenters. The van der Waals surface area contributed by atoms with Gasteiger partial charge in [-0.3, -0.25) is 0 Å². The predicted octanol–water partition coefficient (Wildman–Crippen LogP) is 4.08. The molecule has 108 valence electrons. The second-order valence-electron chi connectivity index (χ2n) is 4.88. The fourth-order valence-electron chi connectivity index (χ4n) is 1.85. The molecule has 0 amide bonds. The molecule has 0 spiro atoms. The highest BCUT2D eigenvalue weighted by Crippen LogP contribution is 2.32. The molecule has 1 aromatic carbocycles. The summed E-state index contributed by atoms with van der Waals surface area (Å²) in [5, 5.41) is 3.25. The number of hydrogen-bond acceptors (Lipinski definition) is 2. The SMILES string of the molecule is CC(C)NCCC(C)c1ccccc1OC(F)(F)F.